The van der Waals surface area contributed by atoms with Crippen LogP contribution in [0.5, 0.6) is 0 Å². The van der Waals surface area contributed by atoms with Crippen molar-refractivity contribution in [3.05, 3.63) is 107 Å². The van der Waals surface area contributed by atoms with Crippen LogP contribution in [0.2, 0.25) is 0 Å². The number of rotatable bonds is 6. The van der Waals surface area contributed by atoms with Gasteiger partial charge in [0.05, 0.1) is 6.04 Å². The van der Waals surface area contributed by atoms with Crippen LogP contribution in [0, 0.1) is 0 Å². The van der Waals surface area contributed by atoms with E-state index in [1.807, 2.05) is 60.7 Å². The highest BCUT2D eigenvalue weighted by molar-refractivity contribution is 5.77. The van der Waals surface area contributed by atoms with Crippen molar-refractivity contribution in [3.8, 4) is 11.5 Å². The van der Waals surface area contributed by atoms with Crippen LogP contribution >= 0.6 is 0 Å². The third-order valence-corrected chi connectivity index (χ3v) is 4.88. The van der Waals surface area contributed by atoms with Gasteiger partial charge in [0.1, 0.15) is 12.2 Å². The lowest BCUT2D eigenvalue weighted by atomic mass is 9.97. The summed E-state index contributed by atoms with van der Waals surface area (Å²) in [6.45, 7) is -0.207. The van der Waals surface area contributed by atoms with Crippen LogP contribution in [0.3, 0.4) is 0 Å². The highest BCUT2D eigenvalue weighted by Crippen LogP contribution is 2.27. The first-order chi connectivity index (χ1) is 14.6. The molecule has 0 saturated carbocycles. The number of aromatic nitrogens is 3. The molecule has 4 aromatic rings. The van der Waals surface area contributed by atoms with Crippen molar-refractivity contribution in [1.82, 2.24) is 19.6 Å². The number of nitrogens with zero attached hydrogens (tertiary/aromatic N) is 4. The van der Waals surface area contributed by atoms with E-state index in [4.69, 9.17) is 4.52 Å². The minimum absolute atomic E-state index is 0.207. The summed E-state index contributed by atoms with van der Waals surface area (Å²) in [6.07, 6.45) is 1.59. The van der Waals surface area contributed by atoms with Crippen molar-refractivity contribution < 1.29 is 9.32 Å². The smallest absolute Gasteiger partial charge is 0.333 e. The third-order valence-electron chi connectivity index (χ3n) is 4.88. The van der Waals surface area contributed by atoms with Gasteiger partial charge in [0.15, 0.2) is 0 Å². The van der Waals surface area contributed by atoms with Crippen molar-refractivity contribution in [1.29, 1.82) is 0 Å². The molecule has 2 aromatic heterocycles. The number of hydrogen-bond acceptors (Lipinski definition) is 5. The fourth-order valence-electron chi connectivity index (χ4n) is 3.39. The summed E-state index contributed by atoms with van der Waals surface area (Å²) in [4.78, 5) is 31.3. The van der Waals surface area contributed by atoms with Crippen LogP contribution in [0.15, 0.2) is 94.4 Å². The van der Waals surface area contributed by atoms with E-state index < -0.39 is 5.76 Å². The van der Waals surface area contributed by atoms with E-state index >= 15 is 0 Å². The lowest BCUT2D eigenvalue weighted by Gasteiger charge is -2.29. The number of likely N-dealkylation sites (N-methyl/N-ethyl adjacent to an activating group) is 1. The second kappa shape index (κ2) is 8.57. The van der Waals surface area contributed by atoms with Crippen molar-refractivity contribution >= 4 is 5.91 Å². The van der Waals surface area contributed by atoms with Crippen molar-refractivity contribution in [2.24, 2.45) is 0 Å². The Morgan fingerprint density at radius 3 is 2.13 bits per heavy atom. The molecule has 0 radical (unpaired) electrons. The van der Waals surface area contributed by atoms with Crippen LogP contribution in [-0.2, 0) is 11.3 Å². The van der Waals surface area contributed by atoms with Crippen LogP contribution < -0.4 is 5.76 Å². The summed E-state index contributed by atoms with van der Waals surface area (Å²) >= 11 is 0. The molecule has 0 unspecified atom stereocenters. The molecule has 0 atom stereocenters. The second-order valence-electron chi connectivity index (χ2n) is 6.80. The molecule has 0 N–H and O–H groups in total. The number of carbonyl (C=O) groups is 1. The van der Waals surface area contributed by atoms with Gasteiger partial charge in [-0.15, -0.1) is 0 Å². The standard InChI is InChI=1S/C23H20N4O3/c1-26(21(17-10-4-2-5-11-17)18-12-6-3-7-13-18)20(28)16-27-22(25-30-23(27)29)19-14-8-9-15-24-19/h2-15,21H,16H2,1H3. The predicted octanol–water partition coefficient (Wildman–Crippen LogP) is 3.15. The maximum atomic E-state index is 13.2. The van der Waals surface area contributed by atoms with Gasteiger partial charge < -0.3 is 4.90 Å². The van der Waals surface area contributed by atoms with E-state index in [0.29, 0.717) is 5.69 Å². The lowest BCUT2D eigenvalue weighted by Crippen LogP contribution is -2.36. The molecule has 0 saturated heterocycles. The fourth-order valence-corrected chi connectivity index (χ4v) is 3.39. The van der Waals surface area contributed by atoms with Gasteiger partial charge in [0.2, 0.25) is 11.7 Å². The Labute approximate surface area is 173 Å². The zero-order valence-electron chi connectivity index (χ0n) is 16.4. The Bertz CT molecular complexity index is 1130. The molecule has 0 aliphatic rings. The van der Waals surface area contributed by atoms with Gasteiger partial charge in [0, 0.05) is 13.2 Å². The molecule has 7 nitrogen and oxygen atoms in total. The van der Waals surface area contributed by atoms with Crippen molar-refractivity contribution in [3.63, 3.8) is 0 Å². The first kappa shape index (κ1) is 19.3. The highest BCUT2D eigenvalue weighted by atomic mass is 16.5. The van der Waals surface area contributed by atoms with Crippen LogP contribution in [0.25, 0.3) is 11.5 Å². The summed E-state index contributed by atoms with van der Waals surface area (Å²) in [5.41, 5.74) is 2.41. The number of hydrogen-bond donors (Lipinski definition) is 0. The SMILES string of the molecule is CN(C(=O)Cn1c(-c2ccccn2)noc1=O)C(c1ccccc1)c1ccccc1. The monoisotopic (exact) mass is 400 g/mol. The maximum Gasteiger partial charge on any atom is 0.442 e. The lowest BCUT2D eigenvalue weighted by molar-refractivity contribution is -0.132. The van der Waals surface area contributed by atoms with Gasteiger partial charge >= 0.3 is 5.76 Å². The zero-order chi connectivity index (χ0) is 20.9. The molecule has 0 aliphatic heterocycles. The summed E-state index contributed by atoms with van der Waals surface area (Å²) in [5.74, 6) is -0.734. The van der Waals surface area contributed by atoms with Gasteiger partial charge in [-0.2, -0.15) is 0 Å². The largest absolute Gasteiger partial charge is 0.442 e. The van der Waals surface area contributed by atoms with Gasteiger partial charge in [-0.3, -0.25) is 14.3 Å². The summed E-state index contributed by atoms with van der Waals surface area (Å²) in [6, 6.07) is 24.5. The van der Waals surface area contributed by atoms with Gasteiger partial charge in [-0.05, 0) is 23.3 Å². The first-order valence-corrected chi connectivity index (χ1v) is 9.48. The molecule has 1 amide bonds. The van der Waals surface area contributed by atoms with Gasteiger partial charge in [-0.25, -0.2) is 9.36 Å². The highest BCUT2D eigenvalue weighted by Gasteiger charge is 2.25. The van der Waals surface area contributed by atoms with E-state index in [1.165, 1.54) is 4.57 Å². The maximum absolute atomic E-state index is 13.2. The number of pyridine rings is 1. The fraction of sp³-hybridized carbons (Fsp3) is 0.130. The topological polar surface area (TPSA) is 81.2 Å². The Balaban J connectivity index is 1.66. The molecule has 2 heterocycles. The molecule has 0 spiro atoms. The van der Waals surface area contributed by atoms with E-state index in [9.17, 15) is 9.59 Å². The quantitative estimate of drug-likeness (QED) is 0.497. The van der Waals surface area contributed by atoms with E-state index in [0.717, 1.165) is 11.1 Å². The average Bonchev–Trinajstić information content (AvgIpc) is 3.16. The molecular formula is C23H20N4O3. The number of benzene rings is 2. The molecule has 0 bridgehead atoms. The number of carbonyl (C=O) groups excluding carboxylic acids is 1. The molecule has 0 aliphatic carbocycles. The molecule has 2 aromatic carbocycles. The first-order valence-electron chi connectivity index (χ1n) is 9.48. The number of amides is 1. The molecular weight excluding hydrogens is 380 g/mol. The average molecular weight is 400 g/mol. The second-order valence-corrected chi connectivity index (χ2v) is 6.80. The normalized spacial score (nSPS) is 10.9. The van der Waals surface area contributed by atoms with Crippen molar-refractivity contribution in [2.45, 2.75) is 12.6 Å². The predicted molar refractivity (Wildman–Crippen MR) is 111 cm³/mol. The van der Waals surface area contributed by atoms with Crippen LogP contribution in [0.4, 0.5) is 0 Å². The minimum atomic E-state index is -0.701. The van der Waals surface area contributed by atoms with Gasteiger partial charge in [-0.1, -0.05) is 71.9 Å². The summed E-state index contributed by atoms with van der Waals surface area (Å²) < 4.78 is 6.01. The molecule has 30 heavy (non-hydrogen) atoms. The molecule has 150 valence electrons. The van der Waals surface area contributed by atoms with Crippen molar-refractivity contribution in [2.75, 3.05) is 7.05 Å². The Morgan fingerprint density at radius 2 is 1.57 bits per heavy atom. The van der Waals surface area contributed by atoms with E-state index in [1.54, 1.807) is 36.3 Å². The minimum Gasteiger partial charge on any atom is -0.333 e. The Morgan fingerprint density at radius 1 is 0.967 bits per heavy atom. The van der Waals surface area contributed by atoms with Crippen LogP contribution in [-0.4, -0.2) is 32.6 Å². The zero-order valence-corrected chi connectivity index (χ0v) is 16.4. The molecule has 7 heteroatoms. The third kappa shape index (κ3) is 3.91. The van der Waals surface area contributed by atoms with Crippen LogP contribution in [0.1, 0.15) is 17.2 Å². The summed E-state index contributed by atoms with van der Waals surface area (Å²) in [7, 11) is 1.73. The molecule has 4 rings (SSSR count). The Kier molecular flexibility index (Phi) is 5.52. The Hall–Kier alpha value is -4.00. The van der Waals surface area contributed by atoms with Gasteiger partial charge in [0.25, 0.3) is 0 Å². The molecule has 0 fully saturated rings. The van der Waals surface area contributed by atoms with E-state index in [-0.39, 0.29) is 24.3 Å². The summed E-state index contributed by atoms with van der Waals surface area (Å²) in [5, 5.41) is 3.80. The van der Waals surface area contributed by atoms with E-state index in [2.05, 4.69) is 10.1 Å².